The number of benzene rings is 1. The van der Waals surface area contributed by atoms with Gasteiger partial charge in [-0.05, 0) is 37.6 Å². The van der Waals surface area contributed by atoms with Crippen molar-refractivity contribution in [3.8, 4) is 23.2 Å². The van der Waals surface area contributed by atoms with Gasteiger partial charge in [-0.15, -0.1) is 0 Å². The lowest BCUT2D eigenvalue weighted by Gasteiger charge is -2.28. The van der Waals surface area contributed by atoms with E-state index in [1.807, 2.05) is 38.2 Å². The van der Waals surface area contributed by atoms with E-state index in [0.29, 0.717) is 28.8 Å². The van der Waals surface area contributed by atoms with Gasteiger partial charge in [0.05, 0.1) is 30.1 Å². The summed E-state index contributed by atoms with van der Waals surface area (Å²) in [4.78, 5) is 30.1. The highest BCUT2D eigenvalue weighted by atomic mass is 16.5. The third-order valence-corrected chi connectivity index (χ3v) is 5.41. The van der Waals surface area contributed by atoms with Gasteiger partial charge < -0.3 is 9.64 Å². The van der Waals surface area contributed by atoms with Gasteiger partial charge in [0.25, 0.3) is 0 Å². The van der Waals surface area contributed by atoms with Crippen LogP contribution in [0.3, 0.4) is 0 Å². The predicted molar refractivity (Wildman–Crippen MR) is 122 cm³/mol. The molecular weight excluding hydrogens is 406 g/mol. The lowest BCUT2D eigenvalue weighted by atomic mass is 10.1. The van der Waals surface area contributed by atoms with Crippen molar-refractivity contribution in [1.29, 1.82) is 5.26 Å². The van der Waals surface area contributed by atoms with Crippen LogP contribution < -0.4 is 19.9 Å². The third-order valence-electron chi connectivity index (χ3n) is 5.41. The van der Waals surface area contributed by atoms with Gasteiger partial charge in [0.15, 0.2) is 5.82 Å². The van der Waals surface area contributed by atoms with Crippen molar-refractivity contribution < 1.29 is 9.53 Å². The fourth-order valence-electron chi connectivity index (χ4n) is 3.65. The number of anilines is 3. The topological polar surface area (TPSA) is 107 Å². The van der Waals surface area contributed by atoms with Gasteiger partial charge in [-0.25, -0.2) is 19.7 Å². The number of fused-ring (bicyclic) bond motifs is 1. The Morgan fingerprint density at radius 2 is 2.09 bits per heavy atom. The van der Waals surface area contributed by atoms with Crippen molar-refractivity contribution >= 4 is 23.4 Å². The minimum atomic E-state index is -0.342. The normalized spacial score (nSPS) is 15.4. The summed E-state index contributed by atoms with van der Waals surface area (Å²) < 4.78 is 5.12. The number of hydrogen-bond donors (Lipinski definition) is 1. The summed E-state index contributed by atoms with van der Waals surface area (Å²) in [5.74, 6) is 1.25. The van der Waals surface area contributed by atoms with Crippen molar-refractivity contribution in [2.75, 3.05) is 35.8 Å². The molecule has 3 aromatic rings. The maximum atomic E-state index is 13.4. The number of ether oxygens (including phenoxy) is 1. The molecule has 0 aliphatic carbocycles. The highest BCUT2D eigenvalue weighted by Gasteiger charge is 2.30. The lowest BCUT2D eigenvalue weighted by molar-refractivity contribution is 0.255. The van der Waals surface area contributed by atoms with E-state index in [4.69, 9.17) is 9.72 Å². The first kappa shape index (κ1) is 21.1. The number of methoxy groups -OCH3 is 1. The van der Waals surface area contributed by atoms with Crippen LogP contribution in [0.15, 0.2) is 48.8 Å². The number of nitriles is 1. The van der Waals surface area contributed by atoms with Gasteiger partial charge in [-0.1, -0.05) is 12.1 Å². The van der Waals surface area contributed by atoms with Crippen molar-refractivity contribution in [2.45, 2.75) is 19.4 Å². The van der Waals surface area contributed by atoms with Crippen LogP contribution in [0.25, 0.3) is 11.3 Å². The smallest absolute Gasteiger partial charge is 0.328 e. The van der Waals surface area contributed by atoms with E-state index in [0.717, 1.165) is 24.2 Å². The van der Waals surface area contributed by atoms with E-state index in [2.05, 4.69) is 26.3 Å². The molecule has 2 aromatic heterocycles. The molecule has 0 unspecified atom stereocenters. The largest absolute Gasteiger partial charge is 0.481 e. The van der Waals surface area contributed by atoms with E-state index < -0.39 is 0 Å². The van der Waals surface area contributed by atoms with Gasteiger partial charge in [0.2, 0.25) is 5.88 Å². The monoisotopic (exact) mass is 429 g/mol. The number of carbonyl (C=O) groups excluding carboxylic acids is 1. The summed E-state index contributed by atoms with van der Waals surface area (Å²) in [6.45, 7) is 2.78. The summed E-state index contributed by atoms with van der Waals surface area (Å²) in [6.07, 6.45) is 2.10. The number of nitrogens with zero attached hydrogens (tertiary/aromatic N) is 6. The number of pyridine rings is 1. The fraction of sp³-hybridized carbons (Fsp3) is 0.261. The van der Waals surface area contributed by atoms with Crippen LogP contribution in [-0.2, 0) is 0 Å². The Morgan fingerprint density at radius 1 is 1.25 bits per heavy atom. The molecule has 0 fully saturated rings. The van der Waals surface area contributed by atoms with E-state index in [1.54, 1.807) is 23.1 Å². The zero-order chi connectivity index (χ0) is 22.7. The quantitative estimate of drug-likeness (QED) is 0.677. The maximum Gasteiger partial charge on any atom is 0.328 e. The van der Waals surface area contributed by atoms with E-state index in [-0.39, 0.29) is 12.1 Å². The Labute approximate surface area is 186 Å². The SMILES string of the molecule is COc1cc(NC(=O)N2c3nc(-c4cccc(C#N)c4)ccc3N(C)CC[C@H]2C)ncn1. The first-order valence-corrected chi connectivity index (χ1v) is 10.2. The summed E-state index contributed by atoms with van der Waals surface area (Å²) in [5.41, 5.74) is 2.90. The second kappa shape index (κ2) is 8.89. The Bertz CT molecular complexity index is 1190. The van der Waals surface area contributed by atoms with Crippen molar-refractivity contribution in [1.82, 2.24) is 15.0 Å². The highest BCUT2D eigenvalue weighted by molar-refractivity contribution is 6.03. The minimum Gasteiger partial charge on any atom is -0.481 e. The first-order chi connectivity index (χ1) is 15.5. The molecule has 4 rings (SSSR count). The zero-order valence-electron chi connectivity index (χ0n) is 18.1. The number of carbonyl (C=O) groups is 1. The van der Waals surface area contributed by atoms with Gasteiger partial charge in [-0.3, -0.25) is 10.2 Å². The first-order valence-electron chi connectivity index (χ1n) is 10.2. The second-order valence-electron chi connectivity index (χ2n) is 7.54. The third kappa shape index (κ3) is 4.16. The molecule has 32 heavy (non-hydrogen) atoms. The number of nitrogens with one attached hydrogen (secondary N) is 1. The van der Waals surface area contributed by atoms with Gasteiger partial charge in [-0.2, -0.15) is 5.26 Å². The fourth-order valence-corrected chi connectivity index (χ4v) is 3.65. The van der Waals surface area contributed by atoms with Gasteiger partial charge >= 0.3 is 6.03 Å². The molecule has 0 saturated heterocycles. The van der Waals surface area contributed by atoms with Crippen LogP contribution in [0.4, 0.5) is 22.1 Å². The van der Waals surface area contributed by atoms with Crippen LogP contribution in [0.2, 0.25) is 0 Å². The van der Waals surface area contributed by atoms with Crippen molar-refractivity contribution in [3.05, 3.63) is 54.4 Å². The Balaban J connectivity index is 1.75. The second-order valence-corrected chi connectivity index (χ2v) is 7.54. The van der Waals surface area contributed by atoms with Crippen LogP contribution in [0.1, 0.15) is 18.9 Å². The van der Waals surface area contributed by atoms with E-state index in [1.165, 1.54) is 13.4 Å². The molecule has 2 amide bonds. The minimum absolute atomic E-state index is 0.101. The van der Waals surface area contributed by atoms with Crippen molar-refractivity contribution in [2.24, 2.45) is 0 Å². The summed E-state index contributed by atoms with van der Waals surface area (Å²) in [5, 5.41) is 12.1. The van der Waals surface area contributed by atoms with E-state index >= 15 is 0 Å². The molecule has 0 saturated carbocycles. The summed E-state index contributed by atoms with van der Waals surface area (Å²) in [7, 11) is 3.49. The van der Waals surface area contributed by atoms with Crippen LogP contribution >= 0.6 is 0 Å². The standard InChI is InChI=1S/C23H23N7O2/c1-15-9-10-29(2)19-8-7-18(17-6-4-5-16(11-17)13-24)27-22(19)30(15)23(31)28-20-12-21(32-3)26-14-25-20/h4-8,11-12,14-15H,9-10H2,1-3H3,(H,25,26,28,31)/t15-/m1/s1. The predicted octanol–water partition coefficient (Wildman–Crippen LogP) is 3.69. The summed E-state index contributed by atoms with van der Waals surface area (Å²) in [6, 6.07) is 14.4. The molecule has 0 spiro atoms. The Hall–Kier alpha value is -4.19. The van der Waals surface area contributed by atoms with Crippen LogP contribution in [0.5, 0.6) is 5.88 Å². The molecule has 0 bridgehead atoms. The molecule has 3 heterocycles. The molecule has 1 atom stereocenters. The molecule has 9 heteroatoms. The molecule has 1 N–H and O–H groups in total. The number of rotatable bonds is 3. The molecule has 0 radical (unpaired) electrons. The Morgan fingerprint density at radius 3 is 2.88 bits per heavy atom. The van der Waals surface area contributed by atoms with Crippen molar-refractivity contribution in [3.63, 3.8) is 0 Å². The highest BCUT2D eigenvalue weighted by Crippen LogP contribution is 2.35. The molecule has 1 aromatic carbocycles. The number of hydrogen-bond acceptors (Lipinski definition) is 7. The van der Waals surface area contributed by atoms with Crippen LogP contribution in [0, 0.1) is 11.3 Å². The lowest BCUT2D eigenvalue weighted by Crippen LogP contribution is -2.42. The molecule has 1 aliphatic rings. The molecular formula is C23H23N7O2. The average Bonchev–Trinajstić information content (AvgIpc) is 2.94. The maximum absolute atomic E-state index is 13.4. The van der Waals surface area contributed by atoms with Gasteiger partial charge in [0.1, 0.15) is 12.1 Å². The van der Waals surface area contributed by atoms with Crippen LogP contribution in [-0.4, -0.2) is 47.7 Å². The molecule has 1 aliphatic heterocycles. The average molecular weight is 429 g/mol. The number of urea groups is 1. The molecule has 162 valence electrons. The summed E-state index contributed by atoms with van der Waals surface area (Å²) >= 11 is 0. The number of aromatic nitrogens is 3. The van der Waals surface area contributed by atoms with E-state index in [9.17, 15) is 10.1 Å². The van der Waals surface area contributed by atoms with Gasteiger partial charge in [0, 0.05) is 31.3 Å². The number of amides is 2. The zero-order valence-corrected chi connectivity index (χ0v) is 18.1. The molecule has 9 nitrogen and oxygen atoms in total. The Kier molecular flexibility index (Phi) is 5.85.